The topological polar surface area (TPSA) is 35.3 Å². The summed E-state index contributed by atoms with van der Waals surface area (Å²) in [6.07, 6.45) is 1.66. The van der Waals surface area contributed by atoms with Crippen LogP contribution in [0, 0.1) is 13.8 Å². The van der Waals surface area contributed by atoms with E-state index in [0.29, 0.717) is 15.6 Å². The average Bonchev–Trinajstić information content (AvgIpc) is 2.75. The second-order valence-corrected chi connectivity index (χ2v) is 4.65. The Bertz CT molecular complexity index is 607. The minimum Gasteiger partial charge on any atom is -0.486 e. The number of benzene rings is 1. The first-order valence-corrected chi connectivity index (χ1v) is 6.14. The van der Waals surface area contributed by atoms with Crippen LogP contribution in [0.4, 0.5) is 0 Å². The van der Waals surface area contributed by atoms with Crippen LogP contribution in [0.5, 0.6) is 0 Å². The number of ether oxygens (including phenoxy) is 1. The molecule has 0 fully saturated rings. The summed E-state index contributed by atoms with van der Waals surface area (Å²) < 4.78 is 10.2. The number of halogens is 1. The van der Waals surface area contributed by atoms with Gasteiger partial charge >= 0.3 is 0 Å². The fraction of sp³-hybridized carbons (Fsp3) is 0.231. The molecule has 0 bridgehead atoms. The number of aryl methyl sites for hydroxylation is 2. The molecule has 0 unspecified atom stereocenters. The second-order valence-electron chi connectivity index (χ2n) is 3.91. The van der Waals surface area contributed by atoms with E-state index in [-0.39, 0.29) is 0 Å². The molecule has 1 aromatic heterocycles. The Morgan fingerprint density at radius 2 is 2.11 bits per heavy atom. The first kappa shape index (κ1) is 13.1. The van der Waals surface area contributed by atoms with E-state index in [1.165, 1.54) is 7.11 Å². The van der Waals surface area contributed by atoms with Gasteiger partial charge in [-0.2, -0.15) is 0 Å². The summed E-state index contributed by atoms with van der Waals surface area (Å²) in [6, 6.07) is 3.81. The standard InChI is InChI=1S/C13H12ClNO2S/c1-7-4-5-9(13(18)16-3)12(14)11(7)10-6-15-17-8(10)2/h4-6H,1-3H3. The first-order valence-electron chi connectivity index (χ1n) is 5.35. The van der Waals surface area contributed by atoms with Gasteiger partial charge in [-0.3, -0.25) is 0 Å². The van der Waals surface area contributed by atoms with Crippen molar-refractivity contribution in [3.05, 3.63) is 40.2 Å². The van der Waals surface area contributed by atoms with Crippen LogP contribution in [-0.2, 0) is 4.74 Å². The Kier molecular flexibility index (Phi) is 3.68. The van der Waals surface area contributed by atoms with E-state index < -0.39 is 0 Å². The van der Waals surface area contributed by atoms with E-state index in [2.05, 4.69) is 5.16 Å². The molecule has 2 rings (SSSR count). The molecule has 2 aromatic rings. The maximum absolute atomic E-state index is 6.41. The van der Waals surface area contributed by atoms with Crippen molar-refractivity contribution in [2.24, 2.45) is 0 Å². The molecule has 0 aliphatic rings. The summed E-state index contributed by atoms with van der Waals surface area (Å²) in [4.78, 5) is 0. The highest BCUT2D eigenvalue weighted by atomic mass is 35.5. The lowest BCUT2D eigenvalue weighted by Gasteiger charge is -2.12. The quantitative estimate of drug-likeness (QED) is 0.781. The molecular formula is C13H12ClNO2S. The van der Waals surface area contributed by atoms with Gasteiger partial charge in [0.25, 0.3) is 0 Å². The van der Waals surface area contributed by atoms with Gasteiger partial charge in [-0.05, 0) is 37.7 Å². The maximum atomic E-state index is 6.41. The summed E-state index contributed by atoms with van der Waals surface area (Å²) in [5.74, 6) is 0.723. The van der Waals surface area contributed by atoms with Crippen LogP contribution in [0.1, 0.15) is 16.9 Å². The highest BCUT2D eigenvalue weighted by molar-refractivity contribution is 7.80. The van der Waals surface area contributed by atoms with E-state index in [0.717, 1.165) is 22.5 Å². The maximum Gasteiger partial charge on any atom is 0.192 e. The van der Waals surface area contributed by atoms with E-state index in [1.54, 1.807) is 6.20 Å². The molecule has 0 saturated carbocycles. The lowest BCUT2D eigenvalue weighted by atomic mass is 9.99. The van der Waals surface area contributed by atoms with Gasteiger partial charge < -0.3 is 9.26 Å². The Labute approximate surface area is 116 Å². The highest BCUT2D eigenvalue weighted by Gasteiger charge is 2.17. The fourth-order valence-corrected chi connectivity index (χ4v) is 2.44. The molecule has 0 saturated heterocycles. The molecule has 94 valence electrons. The first-order chi connectivity index (χ1) is 8.56. The summed E-state index contributed by atoms with van der Waals surface area (Å²) in [5.41, 5.74) is 3.50. The summed E-state index contributed by atoms with van der Waals surface area (Å²) in [5, 5.41) is 4.71. The third kappa shape index (κ3) is 2.13. The van der Waals surface area contributed by atoms with Crippen molar-refractivity contribution in [3.8, 4) is 11.1 Å². The largest absolute Gasteiger partial charge is 0.486 e. The smallest absolute Gasteiger partial charge is 0.192 e. The van der Waals surface area contributed by atoms with Crippen molar-refractivity contribution in [1.82, 2.24) is 5.16 Å². The molecule has 0 radical (unpaired) electrons. The van der Waals surface area contributed by atoms with Gasteiger partial charge in [0.05, 0.1) is 18.3 Å². The van der Waals surface area contributed by atoms with E-state index in [1.807, 2.05) is 26.0 Å². The zero-order valence-corrected chi connectivity index (χ0v) is 11.9. The van der Waals surface area contributed by atoms with Gasteiger partial charge in [0, 0.05) is 16.7 Å². The lowest BCUT2D eigenvalue weighted by molar-refractivity contribution is 0.398. The number of hydrogen-bond acceptors (Lipinski definition) is 4. The molecule has 1 heterocycles. The van der Waals surface area contributed by atoms with Crippen LogP contribution in [-0.4, -0.2) is 17.3 Å². The molecule has 0 aliphatic carbocycles. The van der Waals surface area contributed by atoms with Gasteiger partial charge in [-0.25, -0.2) is 0 Å². The Morgan fingerprint density at radius 3 is 2.67 bits per heavy atom. The van der Waals surface area contributed by atoms with Crippen LogP contribution >= 0.6 is 23.8 Å². The summed E-state index contributed by atoms with van der Waals surface area (Å²) in [6.45, 7) is 3.83. The van der Waals surface area contributed by atoms with Gasteiger partial charge in [0.2, 0.25) is 0 Å². The molecular weight excluding hydrogens is 270 g/mol. The number of aromatic nitrogens is 1. The van der Waals surface area contributed by atoms with Gasteiger partial charge in [0.15, 0.2) is 5.05 Å². The number of thiocarbonyl (C=S) groups is 1. The molecule has 1 aromatic carbocycles. The zero-order chi connectivity index (χ0) is 13.3. The van der Waals surface area contributed by atoms with Crippen LogP contribution < -0.4 is 0 Å². The Balaban J connectivity index is 2.68. The van der Waals surface area contributed by atoms with Crippen molar-refractivity contribution in [2.45, 2.75) is 13.8 Å². The van der Waals surface area contributed by atoms with Crippen LogP contribution in [0.3, 0.4) is 0 Å². The monoisotopic (exact) mass is 281 g/mol. The molecule has 18 heavy (non-hydrogen) atoms. The van der Waals surface area contributed by atoms with E-state index in [9.17, 15) is 0 Å². The summed E-state index contributed by atoms with van der Waals surface area (Å²) in [7, 11) is 1.53. The summed E-state index contributed by atoms with van der Waals surface area (Å²) >= 11 is 11.5. The van der Waals surface area contributed by atoms with Crippen LogP contribution in [0.15, 0.2) is 22.9 Å². The third-order valence-electron chi connectivity index (χ3n) is 2.78. The second kappa shape index (κ2) is 5.08. The Morgan fingerprint density at radius 1 is 1.39 bits per heavy atom. The minimum atomic E-state index is 0.371. The van der Waals surface area contributed by atoms with Gasteiger partial charge in [-0.15, -0.1) is 0 Å². The predicted octanol–water partition coefficient (Wildman–Crippen LogP) is 3.93. The van der Waals surface area contributed by atoms with Crippen molar-refractivity contribution in [3.63, 3.8) is 0 Å². The molecule has 5 heteroatoms. The van der Waals surface area contributed by atoms with E-state index >= 15 is 0 Å². The number of hydrogen-bond donors (Lipinski definition) is 0. The van der Waals surface area contributed by atoms with E-state index in [4.69, 9.17) is 33.1 Å². The minimum absolute atomic E-state index is 0.371. The number of rotatable bonds is 2. The molecule has 0 spiro atoms. The van der Waals surface area contributed by atoms with Crippen molar-refractivity contribution >= 4 is 28.9 Å². The van der Waals surface area contributed by atoms with Gasteiger partial charge in [0.1, 0.15) is 5.76 Å². The van der Waals surface area contributed by atoms with Crippen LogP contribution in [0.25, 0.3) is 11.1 Å². The SMILES string of the molecule is COC(=S)c1ccc(C)c(-c2cnoc2C)c1Cl. The number of methoxy groups -OCH3 is 1. The molecule has 3 nitrogen and oxygen atoms in total. The average molecular weight is 282 g/mol. The van der Waals surface area contributed by atoms with Crippen molar-refractivity contribution in [1.29, 1.82) is 0 Å². The lowest BCUT2D eigenvalue weighted by Crippen LogP contribution is -2.02. The number of nitrogens with zero attached hydrogens (tertiary/aromatic N) is 1. The third-order valence-corrected chi connectivity index (χ3v) is 3.55. The van der Waals surface area contributed by atoms with Gasteiger partial charge in [-0.1, -0.05) is 22.8 Å². The zero-order valence-electron chi connectivity index (χ0n) is 10.3. The fourth-order valence-electron chi connectivity index (χ4n) is 1.81. The van der Waals surface area contributed by atoms with Crippen LogP contribution in [0.2, 0.25) is 5.02 Å². The van der Waals surface area contributed by atoms with Crippen molar-refractivity contribution < 1.29 is 9.26 Å². The Hall–Kier alpha value is -1.39. The molecule has 0 aliphatic heterocycles. The molecule has 0 N–H and O–H groups in total. The predicted molar refractivity (Wildman–Crippen MR) is 75.1 cm³/mol. The molecule has 0 atom stereocenters. The highest BCUT2D eigenvalue weighted by Crippen LogP contribution is 2.35. The van der Waals surface area contributed by atoms with Crippen molar-refractivity contribution in [2.75, 3.05) is 7.11 Å². The normalized spacial score (nSPS) is 10.4. The molecule has 0 amide bonds.